The van der Waals surface area contributed by atoms with Crippen LogP contribution in [0.1, 0.15) is 73.9 Å². The van der Waals surface area contributed by atoms with E-state index in [0.717, 1.165) is 0 Å². The summed E-state index contributed by atoms with van der Waals surface area (Å²) in [4.78, 5) is 25.2. The zero-order valence-electron chi connectivity index (χ0n) is 38.9. The summed E-state index contributed by atoms with van der Waals surface area (Å²) in [5, 5.41) is 21.5. The van der Waals surface area contributed by atoms with Crippen LogP contribution in [0, 0.1) is 6.92 Å². The second-order valence-corrected chi connectivity index (χ2v) is 30.0. The Morgan fingerprint density at radius 2 is 1.04 bits per heavy atom. The number of nitrogens with zero attached hydrogens (tertiary/aromatic N) is 3. The molecular weight excluding hydrogens is 1060 g/mol. The summed E-state index contributed by atoms with van der Waals surface area (Å²) in [6.45, 7) is 15.7. The number of benzene rings is 4. The first-order valence-electron chi connectivity index (χ1n) is 21.3. The van der Waals surface area contributed by atoms with Crippen molar-refractivity contribution in [1.82, 2.24) is 14.8 Å². The fourth-order valence-corrected chi connectivity index (χ4v) is 21.0. The number of nitrogens with one attached hydrogen (secondary N) is 1. The third-order valence-corrected chi connectivity index (χ3v) is 25.2. The molecule has 1 N–H and O–H groups in total. The molecule has 3 aromatic heterocycles. The molecule has 7 aromatic rings. The number of anilines is 1. The lowest BCUT2D eigenvalue weighted by Crippen LogP contribution is -2.67. The summed E-state index contributed by atoms with van der Waals surface area (Å²) >= 11 is 15.4. The average Bonchev–Trinajstić information content (AvgIpc) is 4.01. The number of halogens is 2. The molecule has 7 rings (SSSR count). The molecule has 0 amide bonds. The van der Waals surface area contributed by atoms with E-state index in [1.54, 1.807) is 0 Å². The average molecular weight is 1120 g/mol. The van der Waals surface area contributed by atoms with E-state index in [0.29, 0.717) is 46.7 Å². The highest BCUT2D eigenvalue weighted by atomic mass is 79.9. The fraction of sp³-hybridized carbons (Fsp3) is 0.260. The second kappa shape index (κ2) is 22.3. The monoisotopic (exact) mass is 1120 g/mol. The van der Waals surface area contributed by atoms with E-state index in [1.807, 2.05) is 46.5 Å². The predicted molar refractivity (Wildman–Crippen MR) is 289 cm³/mol. The minimum atomic E-state index is -2.76. The van der Waals surface area contributed by atoms with Gasteiger partial charge in [-0.1, -0.05) is 175 Å². The summed E-state index contributed by atoms with van der Waals surface area (Å²) in [7, 11) is -2.71. The number of carbonyl (C=O) groups excluding carboxylic acids is 2. The van der Waals surface area contributed by atoms with Gasteiger partial charge in [-0.3, -0.25) is 4.57 Å². The minimum absolute atomic E-state index is 0.144. The third-order valence-electron chi connectivity index (χ3n) is 11.3. The van der Waals surface area contributed by atoms with Crippen LogP contribution in [-0.2, 0) is 24.9 Å². The Kier molecular flexibility index (Phi) is 17.3. The van der Waals surface area contributed by atoms with E-state index in [9.17, 15) is 9.59 Å². The molecule has 0 spiro atoms. The molecule has 350 valence electrons. The molecule has 0 unspecified atom stereocenters. The van der Waals surface area contributed by atoms with Gasteiger partial charge in [0.1, 0.15) is 31.9 Å². The van der Waals surface area contributed by atoms with Crippen LogP contribution in [-0.4, -0.2) is 69.2 Å². The summed E-state index contributed by atoms with van der Waals surface area (Å²) in [5.41, 5.74) is 0.886. The van der Waals surface area contributed by atoms with Crippen molar-refractivity contribution in [2.24, 2.45) is 0 Å². The van der Waals surface area contributed by atoms with Crippen molar-refractivity contribution in [2.45, 2.75) is 65.1 Å². The zero-order valence-corrected chi connectivity index (χ0v) is 46.5. The van der Waals surface area contributed by atoms with E-state index < -0.39 is 28.6 Å². The first kappa shape index (κ1) is 51.9. The number of thiocarbonyl (C=S) groups is 1. The third kappa shape index (κ3) is 11.1. The molecule has 67 heavy (non-hydrogen) atoms. The Labute approximate surface area is 425 Å². The molecule has 17 heteroatoms. The van der Waals surface area contributed by atoms with Gasteiger partial charge in [-0.25, -0.2) is 9.59 Å². The summed E-state index contributed by atoms with van der Waals surface area (Å²) in [5.74, 6) is 0.469. The van der Waals surface area contributed by atoms with Crippen molar-refractivity contribution >= 4 is 126 Å². The molecule has 0 saturated carbocycles. The number of esters is 2. The van der Waals surface area contributed by atoms with E-state index >= 15 is 0 Å². The first-order chi connectivity index (χ1) is 31.9. The van der Waals surface area contributed by atoms with Crippen molar-refractivity contribution in [1.29, 1.82) is 0 Å². The lowest BCUT2D eigenvalue weighted by atomic mass is 10.2. The number of ether oxygens (including phenoxy) is 2. The quantitative estimate of drug-likeness (QED) is 0.0642. The number of hydrogen-bond donors (Lipinski definition) is 1. The molecule has 0 aliphatic rings. The van der Waals surface area contributed by atoms with Gasteiger partial charge in [0.2, 0.25) is 0 Å². The maximum Gasteiger partial charge on any atom is 0.342 e. The summed E-state index contributed by atoms with van der Waals surface area (Å²) in [6, 6.07) is 41.8. The van der Waals surface area contributed by atoms with E-state index in [-0.39, 0.29) is 23.3 Å². The molecule has 0 saturated heterocycles. The van der Waals surface area contributed by atoms with Crippen molar-refractivity contribution in [3.63, 3.8) is 0 Å². The number of rotatable bonds is 14. The van der Waals surface area contributed by atoms with Gasteiger partial charge in [0.25, 0.3) is 16.6 Å². The van der Waals surface area contributed by atoms with Crippen LogP contribution in [0.25, 0.3) is 5.00 Å². The van der Waals surface area contributed by atoms with Gasteiger partial charge in [-0.2, -0.15) is 0 Å². The van der Waals surface area contributed by atoms with Crippen LogP contribution in [0.5, 0.6) is 0 Å². The number of thiophene rings is 2. The number of aromatic nitrogens is 3. The topological polar surface area (TPSA) is 114 Å². The molecule has 4 aromatic carbocycles. The van der Waals surface area contributed by atoms with E-state index in [1.165, 1.54) is 57.6 Å². The number of methoxy groups -OCH3 is 2. The standard InChI is InChI=1S/C26H28BrN3O3SSi.C24H26BrNO3S2Si/c1-18-28-29-22(30(18)24-23(25(31)32-5)21(27)17-34-24)16-33-35(26(2,3)4,19-12-8-6-9-13-19)20-14-10-7-11-15-20;1-24(2,3)32(17-11-7-5-8-12-17,18-13-9-6-10-14-18)29-15-20(30)26-22-21(23(27)28-4)19(25)16-31-22/h6-15,17H,16H2,1-5H3;5-14,16H,15H2,1-4H3,(H,26,30). The molecular formula is C50H54Br2N4O6S3Si2. The summed E-state index contributed by atoms with van der Waals surface area (Å²) in [6.07, 6.45) is 0. The van der Waals surface area contributed by atoms with Crippen molar-refractivity contribution in [3.8, 4) is 5.00 Å². The molecule has 0 aliphatic heterocycles. The van der Waals surface area contributed by atoms with E-state index in [4.69, 9.17) is 30.5 Å². The lowest BCUT2D eigenvalue weighted by Gasteiger charge is -2.43. The second-order valence-electron chi connectivity index (χ2n) is 17.5. The van der Waals surface area contributed by atoms with Crippen LogP contribution in [0.4, 0.5) is 5.00 Å². The highest BCUT2D eigenvalue weighted by Crippen LogP contribution is 2.40. The number of aryl methyl sites for hydroxylation is 1. The van der Waals surface area contributed by atoms with Crippen molar-refractivity contribution in [3.05, 3.63) is 164 Å². The fourth-order valence-electron chi connectivity index (χ4n) is 8.30. The molecule has 0 fully saturated rings. The van der Waals surface area contributed by atoms with Crippen LogP contribution in [0.2, 0.25) is 10.1 Å². The van der Waals surface area contributed by atoms with Crippen LogP contribution < -0.4 is 26.1 Å². The van der Waals surface area contributed by atoms with Gasteiger partial charge in [0.05, 0.1) is 27.4 Å². The van der Waals surface area contributed by atoms with Crippen molar-refractivity contribution < 1.29 is 27.9 Å². The van der Waals surface area contributed by atoms with Gasteiger partial charge in [-0.05, 0) is 69.6 Å². The maximum atomic E-state index is 12.5. The van der Waals surface area contributed by atoms with Gasteiger partial charge in [-0.15, -0.1) is 32.9 Å². The van der Waals surface area contributed by atoms with Gasteiger partial charge >= 0.3 is 11.9 Å². The van der Waals surface area contributed by atoms with E-state index in [2.05, 4.69) is 186 Å². The SMILES string of the molecule is COC(=O)c1c(Br)csc1-n1c(C)nnc1CO[Si](c1ccccc1)(c1ccccc1)C(C)(C)C.COC(=O)c1c(Br)csc1NC(=S)CO[Si](c1ccccc1)(c1ccccc1)C(C)(C)C. The van der Waals surface area contributed by atoms with Crippen molar-refractivity contribution in [2.75, 3.05) is 26.1 Å². The normalized spacial score (nSPS) is 11.9. The molecule has 0 bridgehead atoms. The smallest absolute Gasteiger partial charge is 0.342 e. The predicted octanol–water partition coefficient (Wildman–Crippen LogP) is 10.9. The maximum absolute atomic E-state index is 12.5. The zero-order chi connectivity index (χ0) is 48.6. The summed E-state index contributed by atoms with van der Waals surface area (Å²) < 4.78 is 27.1. The first-order valence-corrected chi connectivity index (χ1v) is 28.9. The van der Waals surface area contributed by atoms with Gasteiger partial charge in [0, 0.05) is 19.7 Å². The highest BCUT2D eigenvalue weighted by molar-refractivity contribution is 9.11. The Hall–Kier alpha value is -4.44. The largest absolute Gasteiger partial charge is 0.465 e. The van der Waals surface area contributed by atoms with Crippen LogP contribution in [0.15, 0.2) is 141 Å². The van der Waals surface area contributed by atoms with Gasteiger partial charge < -0.3 is 23.6 Å². The number of hydrogen-bond acceptors (Lipinski definition) is 11. The molecule has 0 atom stereocenters. The molecule has 10 nitrogen and oxygen atoms in total. The lowest BCUT2D eigenvalue weighted by molar-refractivity contribution is 0.0592. The Morgan fingerprint density at radius 3 is 1.48 bits per heavy atom. The molecule has 0 aliphatic carbocycles. The Bertz CT molecular complexity index is 2700. The highest BCUT2D eigenvalue weighted by Gasteiger charge is 2.51. The Balaban J connectivity index is 0.000000222. The molecule has 0 radical (unpaired) electrons. The Morgan fingerprint density at radius 1 is 0.642 bits per heavy atom. The minimum Gasteiger partial charge on any atom is -0.465 e. The van der Waals surface area contributed by atoms with Crippen LogP contribution in [0.3, 0.4) is 0 Å². The van der Waals surface area contributed by atoms with Crippen LogP contribution >= 0.6 is 66.8 Å². The number of carbonyl (C=O) groups is 2. The van der Waals surface area contributed by atoms with Gasteiger partial charge in [0.15, 0.2) is 5.82 Å². The molecule has 3 heterocycles.